The first kappa shape index (κ1) is 21.3. The maximum Gasteiger partial charge on any atom is 0.214 e. The topological polar surface area (TPSA) is 71.7 Å². The fraction of sp³-hybridized carbons (Fsp3) is 0.444. The lowest BCUT2D eigenvalue weighted by Gasteiger charge is -2.18. The predicted molar refractivity (Wildman–Crippen MR) is 111 cm³/mol. The van der Waals surface area contributed by atoms with Crippen LogP contribution < -0.4 is 15.4 Å². The lowest BCUT2D eigenvalue weighted by Crippen LogP contribution is -2.38. The van der Waals surface area contributed by atoms with Crippen LogP contribution in [-0.4, -0.2) is 31.6 Å². The molecule has 1 aromatic heterocycles. The van der Waals surface area contributed by atoms with Crippen LogP contribution in [0.2, 0.25) is 0 Å². The Morgan fingerprint density at radius 3 is 2.60 bits per heavy atom. The van der Waals surface area contributed by atoms with Gasteiger partial charge in [-0.1, -0.05) is 25.1 Å². The molecule has 0 saturated heterocycles. The van der Waals surface area contributed by atoms with E-state index < -0.39 is 0 Å². The Balaban J connectivity index is 0.00000312. The first-order valence-corrected chi connectivity index (χ1v) is 8.05. The molecule has 0 bridgehead atoms. The third-order valence-electron chi connectivity index (χ3n) is 3.95. The number of nitrogens with one attached hydrogen (secondary N) is 2. The number of aryl methyl sites for hydroxylation is 2. The summed E-state index contributed by atoms with van der Waals surface area (Å²) in [6.07, 6.45) is 0. The summed E-state index contributed by atoms with van der Waals surface area (Å²) in [4.78, 5) is 8.59. The third-order valence-corrected chi connectivity index (χ3v) is 3.95. The van der Waals surface area contributed by atoms with E-state index in [0.29, 0.717) is 18.4 Å². The molecule has 2 aromatic rings. The van der Waals surface area contributed by atoms with E-state index in [0.717, 1.165) is 23.7 Å². The highest BCUT2D eigenvalue weighted by molar-refractivity contribution is 14.0. The Labute approximate surface area is 166 Å². The largest absolute Gasteiger partial charge is 0.496 e. The van der Waals surface area contributed by atoms with Crippen LogP contribution in [0.1, 0.15) is 35.7 Å². The minimum absolute atomic E-state index is 0. The van der Waals surface area contributed by atoms with Crippen molar-refractivity contribution in [1.29, 1.82) is 0 Å². The molecule has 1 unspecified atom stereocenters. The van der Waals surface area contributed by atoms with Crippen LogP contribution in [0.15, 0.2) is 33.7 Å². The van der Waals surface area contributed by atoms with Crippen LogP contribution in [0.4, 0.5) is 0 Å². The Morgan fingerprint density at radius 2 is 2.00 bits per heavy atom. The van der Waals surface area contributed by atoms with Gasteiger partial charge in [0.2, 0.25) is 5.89 Å². The number of aliphatic imine (C=N–C) groups is 1. The molecule has 0 aliphatic rings. The summed E-state index contributed by atoms with van der Waals surface area (Å²) in [6, 6.07) is 8.06. The van der Waals surface area contributed by atoms with Crippen molar-refractivity contribution in [3.63, 3.8) is 0 Å². The molecule has 138 valence electrons. The van der Waals surface area contributed by atoms with Crippen molar-refractivity contribution in [2.75, 3.05) is 20.7 Å². The molecule has 0 amide bonds. The van der Waals surface area contributed by atoms with E-state index in [2.05, 4.69) is 33.6 Å². The van der Waals surface area contributed by atoms with Crippen molar-refractivity contribution in [3.05, 3.63) is 47.2 Å². The van der Waals surface area contributed by atoms with Gasteiger partial charge in [0.05, 0.1) is 19.3 Å². The zero-order chi connectivity index (χ0) is 17.5. The number of guanidine groups is 1. The molecule has 0 aliphatic heterocycles. The van der Waals surface area contributed by atoms with Crippen LogP contribution in [0, 0.1) is 13.8 Å². The summed E-state index contributed by atoms with van der Waals surface area (Å²) in [5, 5.41) is 6.54. The smallest absolute Gasteiger partial charge is 0.214 e. The Hall–Kier alpha value is -1.77. The summed E-state index contributed by atoms with van der Waals surface area (Å²) in [5.41, 5.74) is 2.08. The molecule has 1 aromatic carbocycles. The average molecular weight is 458 g/mol. The van der Waals surface area contributed by atoms with Gasteiger partial charge in [0, 0.05) is 19.5 Å². The second-order valence-corrected chi connectivity index (χ2v) is 5.70. The van der Waals surface area contributed by atoms with Crippen molar-refractivity contribution in [1.82, 2.24) is 15.6 Å². The molecule has 25 heavy (non-hydrogen) atoms. The van der Waals surface area contributed by atoms with E-state index >= 15 is 0 Å². The summed E-state index contributed by atoms with van der Waals surface area (Å²) in [5.74, 6) is 3.40. The van der Waals surface area contributed by atoms with Crippen LogP contribution in [0.25, 0.3) is 0 Å². The van der Waals surface area contributed by atoms with Gasteiger partial charge in [0.15, 0.2) is 5.96 Å². The molecule has 0 fully saturated rings. The molecule has 0 spiro atoms. The van der Waals surface area contributed by atoms with Gasteiger partial charge in [-0.05, 0) is 25.5 Å². The van der Waals surface area contributed by atoms with Gasteiger partial charge in [-0.15, -0.1) is 24.0 Å². The average Bonchev–Trinajstić information content (AvgIpc) is 2.92. The number of para-hydroxylation sites is 1. The Kier molecular flexibility index (Phi) is 8.74. The lowest BCUT2D eigenvalue weighted by molar-refractivity contribution is 0.406. The summed E-state index contributed by atoms with van der Waals surface area (Å²) in [6.45, 7) is 7.23. The van der Waals surface area contributed by atoms with Gasteiger partial charge < -0.3 is 19.8 Å². The molecule has 1 heterocycles. The normalized spacial score (nSPS) is 12.3. The molecule has 0 aliphatic carbocycles. The third kappa shape index (κ3) is 5.91. The second-order valence-electron chi connectivity index (χ2n) is 5.70. The number of halogens is 1. The van der Waals surface area contributed by atoms with Gasteiger partial charge >= 0.3 is 0 Å². The van der Waals surface area contributed by atoms with Crippen LogP contribution in [0.3, 0.4) is 0 Å². The maximum absolute atomic E-state index is 5.56. The number of methoxy groups -OCH3 is 1. The number of aromatic nitrogens is 1. The number of nitrogens with zero attached hydrogens (tertiary/aromatic N) is 2. The molecule has 2 rings (SSSR count). The fourth-order valence-electron chi connectivity index (χ4n) is 2.43. The summed E-state index contributed by atoms with van der Waals surface area (Å²) in [7, 11) is 3.44. The van der Waals surface area contributed by atoms with E-state index in [1.54, 1.807) is 14.2 Å². The number of ether oxygens (including phenoxy) is 1. The quantitative estimate of drug-likeness (QED) is 0.395. The van der Waals surface area contributed by atoms with Gasteiger partial charge in [0.25, 0.3) is 0 Å². The van der Waals surface area contributed by atoms with Crippen molar-refractivity contribution in [3.8, 4) is 5.75 Å². The van der Waals surface area contributed by atoms with Gasteiger partial charge in [-0.2, -0.15) is 0 Å². The molecule has 0 radical (unpaired) electrons. The molecule has 6 nitrogen and oxygen atoms in total. The Morgan fingerprint density at radius 1 is 1.28 bits per heavy atom. The first-order valence-electron chi connectivity index (χ1n) is 8.05. The SMILES string of the molecule is CN=C(NCc1nc(C)c(C)o1)NCC(C)c1ccccc1OC.I. The van der Waals surface area contributed by atoms with E-state index in [1.807, 2.05) is 32.0 Å². The highest BCUT2D eigenvalue weighted by atomic mass is 127. The van der Waals surface area contributed by atoms with Crippen LogP contribution in [0.5, 0.6) is 5.75 Å². The number of hydrogen-bond donors (Lipinski definition) is 2. The first-order chi connectivity index (χ1) is 11.5. The standard InChI is InChI=1S/C18H26N4O2.HI/c1-12(15-8-6-7-9-16(15)23-5)10-20-18(19-4)21-11-17-22-13(2)14(3)24-17;/h6-9,12H,10-11H2,1-5H3,(H2,19,20,21);1H. The van der Waals surface area contributed by atoms with Crippen LogP contribution in [-0.2, 0) is 6.54 Å². The highest BCUT2D eigenvalue weighted by Crippen LogP contribution is 2.25. The van der Waals surface area contributed by atoms with Gasteiger partial charge in [-0.25, -0.2) is 4.98 Å². The summed E-state index contributed by atoms with van der Waals surface area (Å²) >= 11 is 0. The van der Waals surface area contributed by atoms with Crippen molar-refractivity contribution < 1.29 is 9.15 Å². The highest BCUT2D eigenvalue weighted by Gasteiger charge is 2.12. The molecular formula is C18H27IN4O2. The van der Waals surface area contributed by atoms with Crippen molar-refractivity contribution >= 4 is 29.9 Å². The minimum atomic E-state index is 0. The van der Waals surface area contributed by atoms with Crippen molar-refractivity contribution in [2.24, 2.45) is 4.99 Å². The number of rotatable bonds is 6. The summed E-state index contributed by atoms with van der Waals surface area (Å²) < 4.78 is 11.0. The molecule has 0 saturated carbocycles. The molecule has 7 heteroatoms. The number of benzene rings is 1. The second kappa shape index (κ2) is 10.3. The number of oxazole rings is 1. The maximum atomic E-state index is 5.56. The Bertz CT molecular complexity index is 681. The zero-order valence-electron chi connectivity index (χ0n) is 15.4. The van der Waals surface area contributed by atoms with Crippen molar-refractivity contribution in [2.45, 2.75) is 33.2 Å². The predicted octanol–water partition coefficient (Wildman–Crippen LogP) is 3.39. The van der Waals surface area contributed by atoms with Gasteiger partial charge in [0.1, 0.15) is 11.5 Å². The lowest BCUT2D eigenvalue weighted by atomic mass is 10.0. The van der Waals surface area contributed by atoms with E-state index in [-0.39, 0.29) is 29.9 Å². The van der Waals surface area contributed by atoms with Crippen LogP contribution >= 0.6 is 24.0 Å². The molecule has 2 N–H and O–H groups in total. The van der Waals surface area contributed by atoms with E-state index in [9.17, 15) is 0 Å². The van der Waals surface area contributed by atoms with Gasteiger partial charge in [-0.3, -0.25) is 4.99 Å². The molecular weight excluding hydrogens is 431 g/mol. The van der Waals surface area contributed by atoms with E-state index in [1.165, 1.54) is 5.56 Å². The fourth-order valence-corrected chi connectivity index (χ4v) is 2.43. The van der Waals surface area contributed by atoms with E-state index in [4.69, 9.17) is 9.15 Å². The minimum Gasteiger partial charge on any atom is -0.496 e. The zero-order valence-corrected chi connectivity index (χ0v) is 17.8. The number of hydrogen-bond acceptors (Lipinski definition) is 4. The molecule has 1 atom stereocenters. The monoisotopic (exact) mass is 458 g/mol.